The molecule has 0 aliphatic carbocycles. The lowest BCUT2D eigenvalue weighted by atomic mass is 10.2. The van der Waals surface area contributed by atoms with Crippen LogP contribution in [-0.4, -0.2) is 27.5 Å². The minimum Gasteiger partial charge on any atom is -0.494 e. The second kappa shape index (κ2) is 12.9. The van der Waals surface area contributed by atoms with Crippen LogP contribution in [-0.2, 0) is 20.6 Å². The summed E-state index contributed by atoms with van der Waals surface area (Å²) >= 11 is 7.55. The van der Waals surface area contributed by atoms with Crippen molar-refractivity contribution in [2.24, 2.45) is 0 Å². The number of para-hydroxylation sites is 1. The first-order valence-corrected chi connectivity index (χ1v) is 14.7. The number of rotatable bonds is 11. The van der Waals surface area contributed by atoms with Crippen LogP contribution >= 0.6 is 23.4 Å². The van der Waals surface area contributed by atoms with Crippen LogP contribution in [0.25, 0.3) is 0 Å². The monoisotopic (exact) mass is 566 g/mol. The average molecular weight is 567 g/mol. The van der Waals surface area contributed by atoms with E-state index in [0.717, 1.165) is 14.8 Å². The van der Waals surface area contributed by atoms with Crippen molar-refractivity contribution in [2.75, 3.05) is 22.8 Å². The van der Waals surface area contributed by atoms with E-state index in [1.807, 2.05) is 49.4 Å². The molecule has 0 unspecified atom stereocenters. The molecule has 0 bridgehead atoms. The molecule has 0 saturated carbocycles. The van der Waals surface area contributed by atoms with Gasteiger partial charge in [0, 0.05) is 15.7 Å². The van der Waals surface area contributed by atoms with E-state index in [1.165, 1.54) is 12.1 Å². The zero-order valence-corrected chi connectivity index (χ0v) is 23.1. The molecule has 0 aliphatic rings. The minimum atomic E-state index is -4.01. The normalized spacial score (nSPS) is 11.1. The van der Waals surface area contributed by atoms with Crippen molar-refractivity contribution in [2.45, 2.75) is 22.5 Å². The van der Waals surface area contributed by atoms with Gasteiger partial charge in [0.25, 0.3) is 10.0 Å². The van der Waals surface area contributed by atoms with Crippen molar-refractivity contribution in [3.63, 3.8) is 0 Å². The highest BCUT2D eigenvalue weighted by Gasteiger charge is 2.27. The molecule has 38 heavy (non-hydrogen) atoms. The van der Waals surface area contributed by atoms with Gasteiger partial charge >= 0.3 is 0 Å². The minimum absolute atomic E-state index is 0.0978. The maximum atomic E-state index is 13.6. The van der Waals surface area contributed by atoms with Crippen molar-refractivity contribution in [3.8, 4) is 5.75 Å². The Morgan fingerprint density at radius 1 is 0.895 bits per heavy atom. The summed E-state index contributed by atoms with van der Waals surface area (Å²) in [6, 6.07) is 29.7. The van der Waals surface area contributed by atoms with E-state index in [0.29, 0.717) is 34.5 Å². The summed E-state index contributed by atoms with van der Waals surface area (Å²) < 4.78 is 33.8. The quantitative estimate of drug-likeness (QED) is 0.201. The lowest BCUT2D eigenvalue weighted by molar-refractivity contribution is -0.114. The van der Waals surface area contributed by atoms with Crippen LogP contribution in [0.2, 0.25) is 5.02 Å². The van der Waals surface area contributed by atoms with Gasteiger partial charge in [0.2, 0.25) is 5.91 Å². The van der Waals surface area contributed by atoms with Crippen LogP contribution in [0.4, 0.5) is 11.4 Å². The van der Waals surface area contributed by atoms with Crippen molar-refractivity contribution >= 4 is 50.7 Å². The Morgan fingerprint density at radius 2 is 1.55 bits per heavy atom. The fourth-order valence-corrected chi connectivity index (χ4v) is 6.20. The van der Waals surface area contributed by atoms with Crippen molar-refractivity contribution in [3.05, 3.63) is 114 Å². The van der Waals surface area contributed by atoms with E-state index in [4.69, 9.17) is 16.3 Å². The Hall–Kier alpha value is -3.46. The van der Waals surface area contributed by atoms with Crippen LogP contribution in [0.15, 0.2) is 113 Å². The summed E-state index contributed by atoms with van der Waals surface area (Å²) in [7, 11) is -4.01. The third-order valence-corrected chi connectivity index (χ3v) is 8.71. The number of hydrogen-bond donors (Lipinski definition) is 1. The van der Waals surface area contributed by atoms with Crippen LogP contribution in [0.1, 0.15) is 12.5 Å². The van der Waals surface area contributed by atoms with E-state index < -0.39 is 22.5 Å². The molecule has 1 amide bonds. The van der Waals surface area contributed by atoms with Crippen LogP contribution in [0, 0.1) is 0 Å². The molecule has 6 nitrogen and oxygen atoms in total. The number of carbonyl (C=O) groups is 1. The van der Waals surface area contributed by atoms with Gasteiger partial charge in [-0.05, 0) is 73.2 Å². The molecular formula is C29H27ClN2O4S2. The lowest BCUT2D eigenvalue weighted by Crippen LogP contribution is -2.38. The third-order valence-electron chi connectivity index (χ3n) is 5.52. The van der Waals surface area contributed by atoms with Gasteiger partial charge in [0.05, 0.1) is 22.9 Å². The van der Waals surface area contributed by atoms with Gasteiger partial charge in [-0.3, -0.25) is 9.10 Å². The number of benzene rings is 4. The van der Waals surface area contributed by atoms with Gasteiger partial charge in [-0.15, -0.1) is 11.8 Å². The van der Waals surface area contributed by atoms with E-state index >= 15 is 0 Å². The predicted molar refractivity (Wildman–Crippen MR) is 155 cm³/mol. The Morgan fingerprint density at radius 3 is 2.24 bits per heavy atom. The molecule has 0 fully saturated rings. The second-order valence-electron chi connectivity index (χ2n) is 8.21. The Bertz CT molecular complexity index is 1460. The topological polar surface area (TPSA) is 75.7 Å². The number of amides is 1. The standard InChI is InChI=1S/C29H27ClN2O4S2/c1-2-36-25-18-16-24(17-19-25)32(38(34,35)26-8-4-3-5-9-26)20-29(33)31-27-10-6-7-11-28(27)37-21-22-12-14-23(30)15-13-22/h3-19H,2,20-21H2,1H3,(H,31,33). The second-order valence-corrected chi connectivity index (χ2v) is 11.5. The van der Waals surface area contributed by atoms with Gasteiger partial charge in [-0.1, -0.05) is 54.1 Å². The molecule has 1 N–H and O–H groups in total. The van der Waals surface area contributed by atoms with E-state index in [2.05, 4.69) is 5.32 Å². The number of nitrogens with one attached hydrogen (secondary N) is 1. The summed E-state index contributed by atoms with van der Waals surface area (Å²) in [6.07, 6.45) is 0. The zero-order valence-electron chi connectivity index (χ0n) is 20.7. The van der Waals surface area contributed by atoms with Crippen molar-refractivity contribution in [1.29, 1.82) is 0 Å². The Balaban J connectivity index is 1.55. The predicted octanol–water partition coefficient (Wildman–Crippen LogP) is 6.87. The molecule has 4 aromatic carbocycles. The number of nitrogens with zero attached hydrogens (tertiary/aromatic N) is 1. The largest absolute Gasteiger partial charge is 0.494 e. The average Bonchev–Trinajstić information content (AvgIpc) is 2.93. The first-order chi connectivity index (χ1) is 18.4. The zero-order chi connectivity index (χ0) is 27.0. The molecular weight excluding hydrogens is 540 g/mol. The maximum absolute atomic E-state index is 13.6. The fraction of sp³-hybridized carbons (Fsp3) is 0.138. The molecule has 0 spiro atoms. The molecule has 0 saturated heterocycles. The van der Waals surface area contributed by atoms with Crippen LogP contribution < -0.4 is 14.4 Å². The summed E-state index contributed by atoms with van der Waals surface area (Å²) in [5.41, 5.74) is 2.06. The van der Waals surface area contributed by atoms with Crippen LogP contribution in [0.5, 0.6) is 5.75 Å². The first-order valence-electron chi connectivity index (χ1n) is 11.9. The highest BCUT2D eigenvalue weighted by atomic mass is 35.5. The van der Waals surface area contributed by atoms with E-state index in [-0.39, 0.29) is 4.90 Å². The summed E-state index contributed by atoms with van der Waals surface area (Å²) in [4.78, 5) is 14.2. The molecule has 196 valence electrons. The third kappa shape index (κ3) is 7.10. The maximum Gasteiger partial charge on any atom is 0.264 e. The molecule has 0 atom stereocenters. The number of thioether (sulfide) groups is 1. The fourth-order valence-electron chi connectivity index (χ4n) is 3.67. The summed E-state index contributed by atoms with van der Waals surface area (Å²) in [5, 5.41) is 3.57. The smallest absolute Gasteiger partial charge is 0.264 e. The van der Waals surface area contributed by atoms with Gasteiger partial charge < -0.3 is 10.1 Å². The number of ether oxygens (including phenoxy) is 1. The van der Waals surface area contributed by atoms with E-state index in [1.54, 1.807) is 60.3 Å². The number of sulfonamides is 1. The molecule has 4 rings (SSSR count). The van der Waals surface area contributed by atoms with Gasteiger partial charge in [-0.2, -0.15) is 0 Å². The lowest BCUT2D eigenvalue weighted by Gasteiger charge is -2.24. The van der Waals surface area contributed by atoms with Crippen molar-refractivity contribution < 1.29 is 17.9 Å². The first kappa shape index (κ1) is 27.6. The molecule has 4 aromatic rings. The summed E-state index contributed by atoms with van der Waals surface area (Å²) in [5.74, 6) is 0.840. The summed E-state index contributed by atoms with van der Waals surface area (Å²) in [6.45, 7) is 1.96. The Kier molecular flexibility index (Phi) is 9.33. The SMILES string of the molecule is CCOc1ccc(N(CC(=O)Nc2ccccc2SCc2ccc(Cl)cc2)S(=O)(=O)c2ccccc2)cc1. The highest BCUT2D eigenvalue weighted by molar-refractivity contribution is 7.98. The van der Waals surface area contributed by atoms with Crippen LogP contribution in [0.3, 0.4) is 0 Å². The molecule has 0 heterocycles. The van der Waals surface area contributed by atoms with E-state index in [9.17, 15) is 13.2 Å². The molecule has 0 radical (unpaired) electrons. The Labute approximate surface area is 232 Å². The van der Waals surface area contributed by atoms with Gasteiger partial charge in [0.1, 0.15) is 12.3 Å². The van der Waals surface area contributed by atoms with Crippen molar-refractivity contribution in [1.82, 2.24) is 0 Å². The number of anilines is 2. The van der Waals surface area contributed by atoms with Gasteiger partial charge in [-0.25, -0.2) is 8.42 Å². The number of halogens is 1. The van der Waals surface area contributed by atoms with Gasteiger partial charge in [0.15, 0.2) is 0 Å². The number of carbonyl (C=O) groups excluding carboxylic acids is 1. The molecule has 0 aromatic heterocycles. The number of hydrogen-bond acceptors (Lipinski definition) is 5. The highest BCUT2D eigenvalue weighted by Crippen LogP contribution is 2.31. The molecule has 0 aliphatic heterocycles. The molecule has 9 heteroatoms.